The van der Waals surface area contributed by atoms with Crippen LogP contribution in [-0.2, 0) is 30.9 Å². The van der Waals surface area contributed by atoms with Crippen molar-refractivity contribution in [2.45, 2.75) is 55.4 Å². The van der Waals surface area contributed by atoms with Gasteiger partial charge < -0.3 is 9.84 Å². The van der Waals surface area contributed by atoms with Crippen LogP contribution < -0.4 is 5.48 Å². The Bertz CT molecular complexity index is 1110. The molecule has 2 aromatic rings. The molecule has 1 heterocycles. The van der Waals surface area contributed by atoms with Crippen LogP contribution in [0.3, 0.4) is 0 Å². The molecule has 1 saturated carbocycles. The Labute approximate surface area is 212 Å². The number of nitrogens with zero attached hydrogens (tertiary/aromatic N) is 2. The Hall–Kier alpha value is -3.07. The summed E-state index contributed by atoms with van der Waals surface area (Å²) in [5.74, 6) is -3.74. The van der Waals surface area contributed by atoms with Crippen molar-refractivity contribution >= 4 is 21.9 Å². The Morgan fingerprint density at radius 3 is 2.11 bits per heavy atom. The summed E-state index contributed by atoms with van der Waals surface area (Å²) in [6.45, 7) is -0.0119. The van der Waals surface area contributed by atoms with E-state index in [-0.39, 0.29) is 23.5 Å². The third kappa shape index (κ3) is 8.49. The number of carboxylic acid groups (broad SMARTS) is 1. The highest BCUT2D eigenvalue weighted by Gasteiger charge is 2.42. The molecule has 204 valence electrons. The standard InChI is InChI=1S/C21H27N3O5S.C2HF3O2/c1-29-18-9-7-17(8-10-18)20(21(25)23-26)24(15-16-11-13-22-14-12-16)30(27,28)19-5-3-2-4-6-19;3-2(4,5)1(6)7/h2-6,11-14,17-18,20,26H,7-10,15H2,1H3,(H,23,25);(H,6,7)/t17?,18?,20-;/m1./s1. The van der Waals surface area contributed by atoms with Crippen LogP contribution in [-0.4, -0.2) is 65.3 Å². The summed E-state index contributed by atoms with van der Waals surface area (Å²) in [7, 11) is -2.36. The predicted octanol–water partition coefficient (Wildman–Crippen LogP) is 2.98. The molecular formula is C23H28F3N3O7S. The van der Waals surface area contributed by atoms with E-state index < -0.39 is 34.1 Å². The zero-order chi connectivity index (χ0) is 27.6. The number of pyridine rings is 1. The minimum Gasteiger partial charge on any atom is -0.475 e. The number of rotatable bonds is 8. The van der Waals surface area contributed by atoms with Gasteiger partial charge in [0, 0.05) is 26.0 Å². The molecule has 1 aliphatic carbocycles. The number of aliphatic carboxylic acids is 1. The summed E-state index contributed by atoms with van der Waals surface area (Å²) in [6, 6.07) is 10.4. The van der Waals surface area contributed by atoms with Gasteiger partial charge in [0.15, 0.2) is 0 Å². The zero-order valence-corrected chi connectivity index (χ0v) is 20.7. The van der Waals surface area contributed by atoms with Gasteiger partial charge in [-0.3, -0.25) is 15.0 Å². The minimum absolute atomic E-state index is 0.0119. The number of halogens is 3. The number of ether oxygens (including phenoxy) is 1. The summed E-state index contributed by atoms with van der Waals surface area (Å²) >= 11 is 0. The Morgan fingerprint density at radius 1 is 1.11 bits per heavy atom. The molecule has 14 heteroatoms. The third-order valence-corrected chi connectivity index (χ3v) is 7.71. The molecule has 10 nitrogen and oxygen atoms in total. The summed E-state index contributed by atoms with van der Waals surface area (Å²) < 4.78 is 65.5. The normalized spacial score (nSPS) is 18.9. The van der Waals surface area contributed by atoms with E-state index in [0.29, 0.717) is 18.4 Å². The van der Waals surface area contributed by atoms with Gasteiger partial charge in [0.1, 0.15) is 6.04 Å². The Balaban J connectivity index is 0.000000604. The van der Waals surface area contributed by atoms with Gasteiger partial charge in [-0.25, -0.2) is 18.7 Å². The van der Waals surface area contributed by atoms with Crippen molar-refractivity contribution in [2.75, 3.05) is 7.11 Å². The van der Waals surface area contributed by atoms with Crippen LogP contribution in [0.5, 0.6) is 0 Å². The zero-order valence-electron chi connectivity index (χ0n) is 19.8. The van der Waals surface area contributed by atoms with E-state index in [4.69, 9.17) is 14.6 Å². The number of hydroxylamine groups is 1. The smallest absolute Gasteiger partial charge is 0.475 e. The molecule has 37 heavy (non-hydrogen) atoms. The second-order valence-corrected chi connectivity index (χ2v) is 10.1. The highest BCUT2D eigenvalue weighted by molar-refractivity contribution is 7.89. The van der Waals surface area contributed by atoms with Gasteiger partial charge in [-0.2, -0.15) is 17.5 Å². The topological polar surface area (TPSA) is 146 Å². The van der Waals surface area contributed by atoms with Gasteiger partial charge in [-0.05, 0) is 61.4 Å². The highest BCUT2D eigenvalue weighted by Crippen LogP contribution is 2.34. The van der Waals surface area contributed by atoms with E-state index in [1.807, 2.05) is 0 Å². The molecule has 0 unspecified atom stereocenters. The number of carbonyl (C=O) groups is 2. The van der Waals surface area contributed by atoms with Crippen molar-refractivity contribution in [3.63, 3.8) is 0 Å². The number of amides is 1. The first-order valence-electron chi connectivity index (χ1n) is 11.1. The molecule has 1 aromatic heterocycles. The molecule has 3 rings (SSSR count). The van der Waals surface area contributed by atoms with Gasteiger partial charge in [0.2, 0.25) is 10.0 Å². The molecular weight excluding hydrogens is 519 g/mol. The first-order valence-corrected chi connectivity index (χ1v) is 12.6. The van der Waals surface area contributed by atoms with E-state index >= 15 is 0 Å². The van der Waals surface area contributed by atoms with E-state index in [0.717, 1.165) is 12.8 Å². The fourth-order valence-corrected chi connectivity index (χ4v) is 5.67. The van der Waals surface area contributed by atoms with Crippen molar-refractivity contribution in [2.24, 2.45) is 5.92 Å². The predicted molar refractivity (Wildman–Crippen MR) is 124 cm³/mol. The number of methoxy groups -OCH3 is 1. The van der Waals surface area contributed by atoms with E-state index in [9.17, 15) is 31.6 Å². The first-order chi connectivity index (χ1) is 17.4. The SMILES string of the molecule is COC1CCC([C@H](C(=O)NO)N(Cc2ccncc2)S(=O)(=O)c2ccccc2)CC1.O=C(O)C(F)(F)F. The fraction of sp³-hybridized carbons (Fsp3) is 0.435. The van der Waals surface area contributed by atoms with Crippen molar-refractivity contribution in [3.05, 3.63) is 60.4 Å². The molecule has 3 N–H and O–H groups in total. The molecule has 1 amide bonds. The van der Waals surface area contributed by atoms with Crippen molar-refractivity contribution in [3.8, 4) is 0 Å². The van der Waals surface area contributed by atoms with Crippen LogP contribution in [0.1, 0.15) is 31.2 Å². The van der Waals surface area contributed by atoms with Gasteiger partial charge in [-0.1, -0.05) is 18.2 Å². The second-order valence-electron chi connectivity index (χ2n) is 8.22. The molecule has 1 aliphatic rings. The maximum atomic E-state index is 13.6. The summed E-state index contributed by atoms with van der Waals surface area (Å²) in [5.41, 5.74) is 2.39. The summed E-state index contributed by atoms with van der Waals surface area (Å²) in [4.78, 5) is 25.7. The van der Waals surface area contributed by atoms with Crippen LogP contribution >= 0.6 is 0 Å². The molecule has 0 aliphatic heterocycles. The van der Waals surface area contributed by atoms with Crippen LogP contribution in [0.4, 0.5) is 13.2 Å². The number of alkyl halides is 3. The van der Waals surface area contributed by atoms with Gasteiger partial charge in [-0.15, -0.1) is 0 Å². The lowest BCUT2D eigenvalue weighted by Crippen LogP contribution is -2.53. The summed E-state index contributed by atoms with van der Waals surface area (Å²) in [6.07, 6.45) is 0.858. The van der Waals surface area contributed by atoms with Crippen LogP contribution in [0.2, 0.25) is 0 Å². The quantitative estimate of drug-likeness (QED) is 0.338. The number of benzene rings is 1. The first kappa shape index (κ1) is 30.2. The number of carboxylic acids is 1. The van der Waals surface area contributed by atoms with Crippen molar-refractivity contribution in [1.82, 2.24) is 14.8 Å². The lowest BCUT2D eigenvalue weighted by atomic mass is 9.82. The number of aromatic nitrogens is 1. The molecule has 0 spiro atoms. The molecule has 0 radical (unpaired) electrons. The van der Waals surface area contributed by atoms with Gasteiger partial charge >= 0.3 is 12.1 Å². The number of nitrogens with one attached hydrogen (secondary N) is 1. The third-order valence-electron chi connectivity index (χ3n) is 5.87. The van der Waals surface area contributed by atoms with Crippen LogP contribution in [0.25, 0.3) is 0 Å². The lowest BCUT2D eigenvalue weighted by molar-refractivity contribution is -0.192. The van der Waals surface area contributed by atoms with Crippen molar-refractivity contribution < 1.29 is 46.2 Å². The Kier molecular flexibility index (Phi) is 11.0. The average molecular weight is 548 g/mol. The van der Waals surface area contributed by atoms with E-state index in [2.05, 4.69) is 4.98 Å². The van der Waals surface area contributed by atoms with Gasteiger partial charge in [0.05, 0.1) is 11.0 Å². The van der Waals surface area contributed by atoms with Crippen LogP contribution in [0.15, 0.2) is 59.8 Å². The number of hydrogen-bond donors (Lipinski definition) is 3. The number of carbonyl (C=O) groups excluding carboxylic acids is 1. The maximum Gasteiger partial charge on any atom is 0.490 e. The van der Waals surface area contributed by atoms with E-state index in [1.165, 1.54) is 16.4 Å². The molecule has 1 atom stereocenters. The maximum absolute atomic E-state index is 13.6. The molecule has 0 bridgehead atoms. The summed E-state index contributed by atoms with van der Waals surface area (Å²) in [5, 5.41) is 16.6. The fourth-order valence-electron chi connectivity index (χ4n) is 4.02. The minimum atomic E-state index is -5.08. The lowest BCUT2D eigenvalue weighted by Gasteiger charge is -2.38. The Morgan fingerprint density at radius 2 is 1.65 bits per heavy atom. The van der Waals surface area contributed by atoms with Crippen molar-refractivity contribution in [1.29, 1.82) is 0 Å². The molecule has 1 aromatic carbocycles. The average Bonchev–Trinajstić information content (AvgIpc) is 2.89. The highest BCUT2D eigenvalue weighted by atomic mass is 32.2. The van der Waals surface area contributed by atoms with Gasteiger partial charge in [0.25, 0.3) is 5.91 Å². The van der Waals surface area contributed by atoms with E-state index in [1.54, 1.807) is 55.3 Å². The monoisotopic (exact) mass is 547 g/mol. The largest absolute Gasteiger partial charge is 0.490 e. The second kappa shape index (κ2) is 13.5. The molecule has 1 fully saturated rings. The number of hydrogen-bond acceptors (Lipinski definition) is 7. The van der Waals surface area contributed by atoms with Crippen LogP contribution in [0, 0.1) is 5.92 Å². The number of sulfonamides is 1. The molecule has 0 saturated heterocycles.